The molecule has 0 fully saturated rings. The van der Waals surface area contributed by atoms with Crippen LogP contribution in [0.3, 0.4) is 0 Å². The number of hydrogen-bond donors (Lipinski definition) is 1. The van der Waals surface area contributed by atoms with E-state index in [1.807, 2.05) is 19.0 Å². The second-order valence-corrected chi connectivity index (χ2v) is 4.21. The fraction of sp³-hybridized carbons (Fsp3) is 0.909. The molecule has 4 heteroatoms. The molecular weight excluding hydrogens is 194 g/mol. The third kappa shape index (κ3) is 4.62. The second-order valence-electron chi connectivity index (χ2n) is 4.21. The summed E-state index contributed by atoms with van der Waals surface area (Å²) >= 11 is 0. The summed E-state index contributed by atoms with van der Waals surface area (Å²) in [5.41, 5.74) is 0. The number of methoxy groups -OCH3 is 1. The Morgan fingerprint density at radius 1 is 1.47 bits per heavy atom. The van der Waals surface area contributed by atoms with Gasteiger partial charge >= 0.3 is 5.97 Å². The molecule has 90 valence electrons. The highest BCUT2D eigenvalue weighted by atomic mass is 16.5. The molecule has 0 saturated heterocycles. The molecule has 0 radical (unpaired) electrons. The van der Waals surface area contributed by atoms with Crippen molar-refractivity contribution in [2.75, 3.05) is 21.2 Å². The molecule has 0 amide bonds. The first kappa shape index (κ1) is 14.4. The van der Waals surface area contributed by atoms with Crippen LogP contribution in [0, 0.1) is 5.92 Å². The molecule has 0 saturated carbocycles. The highest BCUT2D eigenvalue weighted by Gasteiger charge is 2.29. The summed E-state index contributed by atoms with van der Waals surface area (Å²) in [4.78, 5) is 12.8. The first-order chi connectivity index (χ1) is 6.93. The zero-order valence-corrected chi connectivity index (χ0v) is 10.4. The van der Waals surface area contributed by atoms with Crippen LogP contribution in [0.25, 0.3) is 0 Å². The van der Waals surface area contributed by atoms with Gasteiger partial charge < -0.3 is 14.7 Å². The van der Waals surface area contributed by atoms with E-state index >= 15 is 0 Å². The van der Waals surface area contributed by atoms with Crippen molar-refractivity contribution in [2.24, 2.45) is 5.92 Å². The van der Waals surface area contributed by atoms with E-state index in [0.717, 1.165) is 6.42 Å². The van der Waals surface area contributed by atoms with Gasteiger partial charge in [-0.15, -0.1) is 0 Å². The lowest BCUT2D eigenvalue weighted by molar-refractivity contribution is -0.141. The van der Waals surface area contributed by atoms with E-state index in [4.69, 9.17) is 9.84 Å². The van der Waals surface area contributed by atoms with E-state index in [2.05, 4.69) is 13.8 Å². The van der Waals surface area contributed by atoms with Gasteiger partial charge in [0, 0.05) is 13.2 Å². The SMILES string of the molecule is CCC(C)C(C(CC(=O)O)OC)N(C)C. The van der Waals surface area contributed by atoms with Gasteiger partial charge in [-0.2, -0.15) is 0 Å². The molecule has 0 aliphatic heterocycles. The van der Waals surface area contributed by atoms with E-state index in [9.17, 15) is 4.79 Å². The smallest absolute Gasteiger partial charge is 0.306 e. The van der Waals surface area contributed by atoms with Gasteiger partial charge in [0.1, 0.15) is 0 Å². The molecule has 0 aromatic rings. The summed E-state index contributed by atoms with van der Waals surface area (Å²) in [5.74, 6) is -0.388. The fourth-order valence-corrected chi connectivity index (χ4v) is 1.97. The van der Waals surface area contributed by atoms with Gasteiger partial charge in [0.15, 0.2) is 0 Å². The van der Waals surface area contributed by atoms with Crippen LogP contribution < -0.4 is 0 Å². The molecule has 15 heavy (non-hydrogen) atoms. The van der Waals surface area contributed by atoms with E-state index in [1.54, 1.807) is 7.11 Å². The highest BCUT2D eigenvalue weighted by molar-refractivity contribution is 5.67. The zero-order chi connectivity index (χ0) is 12.0. The molecule has 0 bridgehead atoms. The summed E-state index contributed by atoms with van der Waals surface area (Å²) in [5, 5.41) is 8.80. The molecule has 0 spiro atoms. The molecule has 0 aromatic carbocycles. The Morgan fingerprint density at radius 3 is 2.27 bits per heavy atom. The molecule has 1 N–H and O–H groups in total. The average molecular weight is 217 g/mol. The Kier molecular flexibility index (Phi) is 6.52. The normalized spacial score (nSPS) is 17.5. The maximum absolute atomic E-state index is 10.7. The number of ether oxygens (including phenoxy) is 1. The van der Waals surface area contributed by atoms with E-state index in [-0.39, 0.29) is 18.6 Å². The molecule has 0 rings (SSSR count). The molecule has 3 atom stereocenters. The van der Waals surface area contributed by atoms with Crippen molar-refractivity contribution < 1.29 is 14.6 Å². The Balaban J connectivity index is 4.61. The van der Waals surface area contributed by atoms with Gasteiger partial charge in [-0.25, -0.2) is 0 Å². The molecular formula is C11H23NO3. The summed E-state index contributed by atoms with van der Waals surface area (Å²) in [7, 11) is 5.50. The minimum absolute atomic E-state index is 0.0592. The number of nitrogens with zero attached hydrogens (tertiary/aromatic N) is 1. The lowest BCUT2D eigenvalue weighted by Crippen LogP contribution is -2.45. The Labute approximate surface area is 92.2 Å². The molecule has 0 heterocycles. The number of carbonyl (C=O) groups is 1. The number of rotatable bonds is 7. The number of hydrogen-bond acceptors (Lipinski definition) is 3. The second kappa shape index (κ2) is 6.80. The van der Waals surface area contributed by atoms with Crippen LogP contribution in [0.4, 0.5) is 0 Å². The zero-order valence-electron chi connectivity index (χ0n) is 10.4. The Morgan fingerprint density at radius 2 is 2.00 bits per heavy atom. The Hall–Kier alpha value is -0.610. The molecule has 0 aliphatic rings. The summed E-state index contributed by atoms with van der Waals surface area (Å²) in [6, 6.07) is 0.149. The van der Waals surface area contributed by atoms with Gasteiger partial charge in [0.25, 0.3) is 0 Å². The van der Waals surface area contributed by atoms with Crippen LogP contribution in [0.5, 0.6) is 0 Å². The van der Waals surface area contributed by atoms with Crippen molar-refractivity contribution in [1.82, 2.24) is 4.90 Å². The van der Waals surface area contributed by atoms with Crippen molar-refractivity contribution in [3.05, 3.63) is 0 Å². The van der Waals surface area contributed by atoms with Gasteiger partial charge in [0.2, 0.25) is 0 Å². The number of carboxylic acid groups (broad SMARTS) is 1. The largest absolute Gasteiger partial charge is 0.481 e. The van der Waals surface area contributed by atoms with Crippen LogP contribution in [0.1, 0.15) is 26.7 Å². The molecule has 0 aliphatic carbocycles. The van der Waals surface area contributed by atoms with Gasteiger partial charge in [-0.3, -0.25) is 4.79 Å². The highest BCUT2D eigenvalue weighted by Crippen LogP contribution is 2.20. The standard InChI is InChI=1S/C11H23NO3/c1-6-8(2)11(12(3)4)9(15-5)7-10(13)14/h8-9,11H,6-7H2,1-5H3,(H,13,14). The van der Waals surface area contributed by atoms with Crippen molar-refractivity contribution >= 4 is 5.97 Å². The minimum atomic E-state index is -0.808. The predicted octanol–water partition coefficient (Wildman–Crippen LogP) is 1.45. The maximum atomic E-state index is 10.7. The van der Waals surface area contributed by atoms with Crippen LogP contribution in [-0.4, -0.2) is 49.3 Å². The third-order valence-corrected chi connectivity index (χ3v) is 2.88. The number of likely N-dealkylation sites (N-methyl/N-ethyl adjacent to an activating group) is 1. The lowest BCUT2D eigenvalue weighted by atomic mass is 9.91. The maximum Gasteiger partial charge on any atom is 0.306 e. The fourth-order valence-electron chi connectivity index (χ4n) is 1.97. The van der Waals surface area contributed by atoms with Crippen LogP contribution >= 0.6 is 0 Å². The average Bonchev–Trinajstić information content (AvgIpc) is 2.15. The minimum Gasteiger partial charge on any atom is -0.481 e. The monoisotopic (exact) mass is 217 g/mol. The van der Waals surface area contributed by atoms with Gasteiger partial charge in [-0.05, 0) is 20.0 Å². The third-order valence-electron chi connectivity index (χ3n) is 2.88. The number of aliphatic carboxylic acids is 1. The van der Waals surface area contributed by atoms with Crippen LogP contribution in [-0.2, 0) is 9.53 Å². The van der Waals surface area contributed by atoms with E-state index in [0.29, 0.717) is 5.92 Å². The van der Waals surface area contributed by atoms with Crippen LogP contribution in [0.2, 0.25) is 0 Å². The topological polar surface area (TPSA) is 49.8 Å². The van der Waals surface area contributed by atoms with Crippen molar-refractivity contribution in [3.8, 4) is 0 Å². The van der Waals surface area contributed by atoms with E-state index in [1.165, 1.54) is 0 Å². The lowest BCUT2D eigenvalue weighted by Gasteiger charge is -2.35. The predicted molar refractivity (Wildman–Crippen MR) is 60.0 cm³/mol. The first-order valence-corrected chi connectivity index (χ1v) is 5.35. The molecule has 4 nitrogen and oxygen atoms in total. The van der Waals surface area contributed by atoms with Crippen molar-refractivity contribution in [1.29, 1.82) is 0 Å². The number of carboxylic acids is 1. The summed E-state index contributed by atoms with van der Waals surface area (Å²) < 4.78 is 5.29. The summed E-state index contributed by atoms with van der Waals surface area (Å²) in [6.45, 7) is 4.23. The summed E-state index contributed by atoms with van der Waals surface area (Å²) in [6.07, 6.45) is 0.832. The first-order valence-electron chi connectivity index (χ1n) is 5.35. The van der Waals surface area contributed by atoms with E-state index < -0.39 is 5.97 Å². The van der Waals surface area contributed by atoms with Crippen LogP contribution in [0.15, 0.2) is 0 Å². The quantitative estimate of drug-likeness (QED) is 0.701. The molecule has 3 unspecified atom stereocenters. The van der Waals surface area contributed by atoms with Gasteiger partial charge in [-0.1, -0.05) is 20.3 Å². The van der Waals surface area contributed by atoms with Gasteiger partial charge in [0.05, 0.1) is 12.5 Å². The molecule has 0 aromatic heterocycles. The van der Waals surface area contributed by atoms with Crippen molar-refractivity contribution in [2.45, 2.75) is 38.8 Å². The Bertz CT molecular complexity index is 194. The van der Waals surface area contributed by atoms with Crippen molar-refractivity contribution in [3.63, 3.8) is 0 Å².